The molecule has 1 aromatic heterocycles. The molecule has 146 valence electrons. The highest BCUT2D eigenvalue weighted by Gasteiger charge is 2.21. The Bertz CT molecular complexity index is 1090. The third-order valence-electron chi connectivity index (χ3n) is 4.19. The SMILES string of the molecule is Cc1nnnn1/C(=C\c1ccccc1)C(=O)OCC(=O)c1ccc2c(c1)OCO2. The first-order valence-corrected chi connectivity index (χ1v) is 8.74. The Labute approximate surface area is 165 Å². The highest BCUT2D eigenvalue weighted by Crippen LogP contribution is 2.32. The van der Waals surface area contributed by atoms with Crippen LogP contribution in [0, 0.1) is 6.92 Å². The van der Waals surface area contributed by atoms with Crippen LogP contribution in [0.4, 0.5) is 0 Å². The van der Waals surface area contributed by atoms with E-state index in [1.807, 2.05) is 30.3 Å². The number of nitrogens with zero attached hydrogens (tertiary/aromatic N) is 4. The van der Waals surface area contributed by atoms with E-state index in [0.29, 0.717) is 22.9 Å². The van der Waals surface area contributed by atoms with Crippen LogP contribution in [0.2, 0.25) is 0 Å². The summed E-state index contributed by atoms with van der Waals surface area (Å²) in [6.45, 7) is 1.33. The Morgan fingerprint density at radius 1 is 1.14 bits per heavy atom. The second-order valence-electron chi connectivity index (χ2n) is 6.15. The second kappa shape index (κ2) is 7.93. The lowest BCUT2D eigenvalue weighted by molar-refractivity contribution is -0.136. The minimum Gasteiger partial charge on any atom is -0.454 e. The number of carbonyl (C=O) groups excluding carboxylic acids is 2. The third kappa shape index (κ3) is 3.98. The van der Waals surface area contributed by atoms with Crippen LogP contribution in [0.25, 0.3) is 11.8 Å². The summed E-state index contributed by atoms with van der Waals surface area (Å²) in [6.07, 6.45) is 1.59. The number of aromatic nitrogens is 4. The summed E-state index contributed by atoms with van der Waals surface area (Å²) in [6, 6.07) is 14.0. The number of Topliss-reactive ketones (excluding diaryl/α,β-unsaturated/α-hetero) is 1. The van der Waals surface area contributed by atoms with Gasteiger partial charge in [-0.25, -0.2) is 4.79 Å². The predicted molar refractivity (Wildman–Crippen MR) is 101 cm³/mol. The van der Waals surface area contributed by atoms with Crippen LogP contribution >= 0.6 is 0 Å². The number of hydrogen-bond acceptors (Lipinski definition) is 8. The lowest BCUT2D eigenvalue weighted by atomic mass is 10.1. The van der Waals surface area contributed by atoms with Gasteiger partial charge in [0.15, 0.2) is 35.4 Å². The molecule has 0 bridgehead atoms. The molecule has 1 aliphatic heterocycles. The normalized spacial score (nSPS) is 12.7. The van der Waals surface area contributed by atoms with Crippen LogP contribution in [0.3, 0.4) is 0 Å². The molecular formula is C20H16N4O5. The number of aryl methyl sites for hydroxylation is 1. The van der Waals surface area contributed by atoms with Gasteiger partial charge in [-0.2, -0.15) is 4.68 Å². The summed E-state index contributed by atoms with van der Waals surface area (Å²) in [4.78, 5) is 25.2. The smallest absolute Gasteiger partial charge is 0.357 e. The molecule has 0 amide bonds. The molecular weight excluding hydrogens is 376 g/mol. The van der Waals surface area contributed by atoms with E-state index in [1.54, 1.807) is 31.2 Å². The van der Waals surface area contributed by atoms with Gasteiger partial charge in [0.1, 0.15) is 0 Å². The zero-order valence-electron chi connectivity index (χ0n) is 15.4. The Hall–Kier alpha value is -4.01. The second-order valence-corrected chi connectivity index (χ2v) is 6.15. The van der Waals surface area contributed by atoms with Crippen molar-refractivity contribution in [1.82, 2.24) is 20.2 Å². The monoisotopic (exact) mass is 392 g/mol. The molecule has 4 rings (SSSR count). The van der Waals surface area contributed by atoms with Crippen LogP contribution in [-0.4, -0.2) is 45.4 Å². The standard InChI is InChI=1S/C20H16N4O5/c1-13-21-22-23-24(13)16(9-14-5-3-2-4-6-14)20(26)27-11-17(25)15-7-8-18-19(10-15)29-12-28-18/h2-10H,11-12H2,1H3/b16-9-. The molecule has 0 N–H and O–H groups in total. The number of ether oxygens (including phenoxy) is 3. The molecule has 9 heteroatoms. The molecule has 0 aliphatic carbocycles. The number of rotatable bonds is 6. The number of benzene rings is 2. The molecule has 29 heavy (non-hydrogen) atoms. The summed E-state index contributed by atoms with van der Waals surface area (Å²) < 4.78 is 17.0. The van der Waals surface area contributed by atoms with Gasteiger partial charge in [0, 0.05) is 5.56 Å². The van der Waals surface area contributed by atoms with Crippen molar-refractivity contribution in [2.24, 2.45) is 0 Å². The van der Waals surface area contributed by atoms with Gasteiger partial charge in [0.05, 0.1) is 0 Å². The predicted octanol–water partition coefficient (Wildman–Crippen LogP) is 2.13. The van der Waals surface area contributed by atoms with Gasteiger partial charge in [-0.05, 0) is 47.2 Å². The first kappa shape index (κ1) is 18.4. The van der Waals surface area contributed by atoms with E-state index >= 15 is 0 Å². The highest BCUT2D eigenvalue weighted by molar-refractivity contribution is 6.16. The molecule has 0 unspecified atom stereocenters. The molecule has 0 radical (unpaired) electrons. The van der Waals surface area contributed by atoms with Gasteiger partial charge >= 0.3 is 5.97 Å². The number of carbonyl (C=O) groups is 2. The summed E-state index contributed by atoms with van der Waals surface area (Å²) in [5, 5.41) is 11.2. The summed E-state index contributed by atoms with van der Waals surface area (Å²) in [5.74, 6) is 0.366. The van der Waals surface area contributed by atoms with Crippen molar-refractivity contribution in [3.8, 4) is 11.5 Å². The molecule has 0 atom stereocenters. The number of esters is 1. The molecule has 1 aliphatic rings. The number of ketones is 1. The van der Waals surface area contributed by atoms with Crippen molar-refractivity contribution in [1.29, 1.82) is 0 Å². The Kier molecular flexibility index (Phi) is 5.02. The Morgan fingerprint density at radius 2 is 1.93 bits per heavy atom. The van der Waals surface area contributed by atoms with E-state index in [1.165, 1.54) is 4.68 Å². The number of hydrogen-bond donors (Lipinski definition) is 0. The highest BCUT2D eigenvalue weighted by atomic mass is 16.7. The van der Waals surface area contributed by atoms with Crippen LogP contribution in [0.1, 0.15) is 21.7 Å². The first-order chi connectivity index (χ1) is 14.1. The fraction of sp³-hybridized carbons (Fsp3) is 0.150. The first-order valence-electron chi connectivity index (χ1n) is 8.74. The van der Waals surface area contributed by atoms with Crippen LogP contribution in [0.15, 0.2) is 48.5 Å². The van der Waals surface area contributed by atoms with Crippen molar-refractivity contribution in [2.75, 3.05) is 13.4 Å². The van der Waals surface area contributed by atoms with Crippen LogP contribution < -0.4 is 9.47 Å². The fourth-order valence-corrected chi connectivity index (χ4v) is 2.73. The molecule has 2 aromatic carbocycles. The van der Waals surface area contributed by atoms with E-state index in [9.17, 15) is 9.59 Å². The zero-order chi connectivity index (χ0) is 20.2. The lowest BCUT2D eigenvalue weighted by Gasteiger charge is -2.09. The van der Waals surface area contributed by atoms with Gasteiger partial charge < -0.3 is 14.2 Å². The lowest BCUT2D eigenvalue weighted by Crippen LogP contribution is -2.19. The molecule has 0 spiro atoms. The van der Waals surface area contributed by atoms with Crippen molar-refractivity contribution >= 4 is 23.5 Å². The largest absolute Gasteiger partial charge is 0.454 e. The quantitative estimate of drug-likeness (QED) is 0.357. The van der Waals surface area contributed by atoms with Crippen molar-refractivity contribution in [3.05, 3.63) is 65.5 Å². The van der Waals surface area contributed by atoms with Gasteiger partial charge in [0.2, 0.25) is 6.79 Å². The average Bonchev–Trinajstić information content (AvgIpc) is 3.38. The van der Waals surface area contributed by atoms with Gasteiger partial charge in [-0.15, -0.1) is 5.10 Å². The van der Waals surface area contributed by atoms with Crippen LogP contribution in [-0.2, 0) is 9.53 Å². The van der Waals surface area contributed by atoms with E-state index in [4.69, 9.17) is 14.2 Å². The Morgan fingerprint density at radius 3 is 2.69 bits per heavy atom. The minimum absolute atomic E-state index is 0.0946. The Balaban J connectivity index is 1.52. The van der Waals surface area contributed by atoms with E-state index in [-0.39, 0.29) is 18.3 Å². The molecule has 3 aromatic rings. The summed E-state index contributed by atoms with van der Waals surface area (Å²) in [5.41, 5.74) is 1.21. The number of fused-ring (bicyclic) bond motifs is 1. The van der Waals surface area contributed by atoms with E-state index in [2.05, 4.69) is 15.5 Å². The maximum Gasteiger partial charge on any atom is 0.357 e. The third-order valence-corrected chi connectivity index (χ3v) is 4.19. The van der Waals surface area contributed by atoms with Gasteiger partial charge in [-0.1, -0.05) is 30.3 Å². The molecule has 0 saturated carbocycles. The fourth-order valence-electron chi connectivity index (χ4n) is 2.73. The van der Waals surface area contributed by atoms with Crippen LogP contribution in [0.5, 0.6) is 11.5 Å². The minimum atomic E-state index is -0.724. The van der Waals surface area contributed by atoms with Gasteiger partial charge in [0.25, 0.3) is 0 Å². The van der Waals surface area contributed by atoms with Crippen molar-refractivity contribution in [3.63, 3.8) is 0 Å². The molecule has 2 heterocycles. The summed E-state index contributed by atoms with van der Waals surface area (Å²) >= 11 is 0. The number of tetrazole rings is 1. The molecule has 0 fully saturated rings. The topological polar surface area (TPSA) is 105 Å². The molecule has 0 saturated heterocycles. The van der Waals surface area contributed by atoms with Gasteiger partial charge in [-0.3, -0.25) is 4.79 Å². The summed E-state index contributed by atoms with van der Waals surface area (Å²) in [7, 11) is 0. The average molecular weight is 392 g/mol. The zero-order valence-corrected chi connectivity index (χ0v) is 15.4. The van der Waals surface area contributed by atoms with Crippen molar-refractivity contribution < 1.29 is 23.8 Å². The maximum absolute atomic E-state index is 12.7. The maximum atomic E-state index is 12.7. The van der Waals surface area contributed by atoms with E-state index in [0.717, 1.165) is 5.56 Å². The molecule has 9 nitrogen and oxygen atoms in total. The van der Waals surface area contributed by atoms with E-state index < -0.39 is 12.6 Å². The van der Waals surface area contributed by atoms with Crippen molar-refractivity contribution in [2.45, 2.75) is 6.92 Å².